The van der Waals surface area contributed by atoms with Gasteiger partial charge in [0.1, 0.15) is 23.4 Å². The van der Waals surface area contributed by atoms with Crippen molar-refractivity contribution in [2.45, 2.75) is 26.0 Å². The lowest BCUT2D eigenvalue weighted by molar-refractivity contribution is -0.0549. The highest BCUT2D eigenvalue weighted by atomic mass is 16.5. The minimum Gasteiger partial charge on any atom is -0.464 e. The lowest BCUT2D eigenvalue weighted by atomic mass is 10.1. The van der Waals surface area contributed by atoms with Gasteiger partial charge >= 0.3 is 5.97 Å². The molecule has 6 heteroatoms. The van der Waals surface area contributed by atoms with Crippen molar-refractivity contribution >= 4 is 5.97 Å². The van der Waals surface area contributed by atoms with Gasteiger partial charge in [0, 0.05) is 13.1 Å². The Morgan fingerprint density at radius 1 is 1.30 bits per heavy atom. The van der Waals surface area contributed by atoms with Gasteiger partial charge in [0.05, 0.1) is 19.8 Å². The van der Waals surface area contributed by atoms with Crippen LogP contribution < -0.4 is 0 Å². The Morgan fingerprint density at radius 2 is 2.13 bits per heavy atom. The molecule has 3 rings (SSSR count). The molecule has 1 fully saturated rings. The van der Waals surface area contributed by atoms with Crippen LogP contribution in [-0.2, 0) is 9.47 Å². The van der Waals surface area contributed by atoms with Crippen LogP contribution in [0, 0.1) is 6.92 Å². The first-order valence-electron chi connectivity index (χ1n) is 7.68. The van der Waals surface area contributed by atoms with Crippen molar-refractivity contribution in [3.8, 4) is 0 Å². The van der Waals surface area contributed by atoms with Crippen LogP contribution in [0.5, 0.6) is 0 Å². The number of carbonyl (C=O) groups is 1. The first-order valence-corrected chi connectivity index (χ1v) is 7.68. The third kappa shape index (κ3) is 3.33. The summed E-state index contributed by atoms with van der Waals surface area (Å²) in [6.07, 6.45) is -0.0880. The van der Waals surface area contributed by atoms with Crippen molar-refractivity contribution < 1.29 is 23.1 Å². The summed E-state index contributed by atoms with van der Waals surface area (Å²) >= 11 is 0. The molecule has 1 aliphatic rings. The summed E-state index contributed by atoms with van der Waals surface area (Å²) in [7, 11) is 1.34. The minimum atomic E-state index is -0.464. The number of morpholine rings is 1. The molecule has 0 saturated carbocycles. The molecule has 0 bridgehead atoms. The molecule has 0 aromatic carbocycles. The number of hydrogen-bond acceptors (Lipinski definition) is 6. The van der Waals surface area contributed by atoms with Gasteiger partial charge in [-0.1, -0.05) is 0 Å². The molecule has 23 heavy (non-hydrogen) atoms. The number of hydrogen-bond donors (Lipinski definition) is 0. The van der Waals surface area contributed by atoms with Gasteiger partial charge in [0.25, 0.3) is 0 Å². The van der Waals surface area contributed by atoms with E-state index in [9.17, 15) is 4.79 Å². The average Bonchev–Trinajstić information content (AvgIpc) is 3.23. The number of methoxy groups -OCH3 is 1. The zero-order valence-corrected chi connectivity index (χ0v) is 13.6. The van der Waals surface area contributed by atoms with Crippen molar-refractivity contribution in [3.05, 3.63) is 47.3 Å². The molecule has 2 aromatic rings. The van der Waals surface area contributed by atoms with E-state index < -0.39 is 5.97 Å². The van der Waals surface area contributed by atoms with Crippen molar-refractivity contribution in [1.29, 1.82) is 0 Å². The standard InChI is InChI=1S/C17H21NO5/c1-11-4-5-14(22-11)16-10-18(8-9-21-16)12(2)13-6-7-15(23-13)17(19)20-3/h4-7,12,16H,8-10H2,1-3H3. The van der Waals surface area contributed by atoms with Crippen LogP contribution >= 0.6 is 0 Å². The highest BCUT2D eigenvalue weighted by Gasteiger charge is 2.29. The SMILES string of the molecule is COC(=O)c1ccc(C(C)N2CCOC(c3ccc(C)o3)C2)o1. The maximum atomic E-state index is 11.5. The van der Waals surface area contributed by atoms with Gasteiger partial charge in [-0.25, -0.2) is 4.79 Å². The van der Waals surface area contributed by atoms with E-state index in [4.69, 9.17) is 13.6 Å². The Labute approximate surface area is 135 Å². The first-order chi connectivity index (χ1) is 11.1. The summed E-state index contributed by atoms with van der Waals surface area (Å²) in [5.74, 6) is 2.22. The summed E-state index contributed by atoms with van der Waals surface area (Å²) in [4.78, 5) is 13.8. The third-order valence-corrected chi connectivity index (χ3v) is 4.15. The molecule has 2 unspecified atom stereocenters. The second kappa shape index (κ2) is 6.60. The van der Waals surface area contributed by atoms with Gasteiger partial charge in [-0.15, -0.1) is 0 Å². The molecule has 0 amide bonds. The highest BCUT2D eigenvalue weighted by molar-refractivity contribution is 5.86. The quantitative estimate of drug-likeness (QED) is 0.807. The lowest BCUT2D eigenvalue weighted by Gasteiger charge is -2.35. The Balaban J connectivity index is 1.70. The predicted molar refractivity (Wildman–Crippen MR) is 82.2 cm³/mol. The van der Waals surface area contributed by atoms with Crippen molar-refractivity contribution in [3.63, 3.8) is 0 Å². The molecule has 0 spiro atoms. The molecule has 6 nitrogen and oxygen atoms in total. The number of carbonyl (C=O) groups excluding carboxylic acids is 1. The third-order valence-electron chi connectivity index (χ3n) is 4.15. The number of nitrogens with zero attached hydrogens (tertiary/aromatic N) is 1. The maximum Gasteiger partial charge on any atom is 0.373 e. The molecule has 1 aliphatic heterocycles. The van der Waals surface area contributed by atoms with Crippen LogP contribution in [0.2, 0.25) is 0 Å². The van der Waals surface area contributed by atoms with Crippen LogP contribution in [-0.4, -0.2) is 37.7 Å². The summed E-state index contributed by atoms with van der Waals surface area (Å²) in [6, 6.07) is 7.40. The van der Waals surface area contributed by atoms with E-state index in [1.807, 2.05) is 25.1 Å². The van der Waals surface area contributed by atoms with E-state index in [0.717, 1.165) is 23.8 Å². The van der Waals surface area contributed by atoms with E-state index >= 15 is 0 Å². The van der Waals surface area contributed by atoms with Gasteiger partial charge < -0.3 is 18.3 Å². The van der Waals surface area contributed by atoms with Crippen molar-refractivity contribution in [2.24, 2.45) is 0 Å². The Kier molecular flexibility index (Phi) is 4.54. The number of esters is 1. The molecule has 2 aromatic heterocycles. The Bertz CT molecular complexity index is 674. The Hall–Kier alpha value is -2.05. The van der Waals surface area contributed by atoms with Crippen LogP contribution in [0.25, 0.3) is 0 Å². The second-order valence-corrected chi connectivity index (χ2v) is 5.67. The highest BCUT2D eigenvalue weighted by Crippen LogP contribution is 2.30. The van der Waals surface area contributed by atoms with Crippen LogP contribution in [0.3, 0.4) is 0 Å². The van der Waals surface area contributed by atoms with Gasteiger partial charge in [-0.2, -0.15) is 0 Å². The topological polar surface area (TPSA) is 65.0 Å². The van der Waals surface area contributed by atoms with E-state index in [2.05, 4.69) is 16.6 Å². The van der Waals surface area contributed by atoms with Crippen LogP contribution in [0.4, 0.5) is 0 Å². The molecule has 3 heterocycles. The van der Waals surface area contributed by atoms with E-state index in [1.54, 1.807) is 6.07 Å². The number of rotatable bonds is 4. The van der Waals surface area contributed by atoms with Gasteiger partial charge in [0.2, 0.25) is 5.76 Å². The van der Waals surface area contributed by atoms with Crippen molar-refractivity contribution in [2.75, 3.05) is 26.8 Å². The lowest BCUT2D eigenvalue weighted by Crippen LogP contribution is -2.39. The van der Waals surface area contributed by atoms with Crippen LogP contribution in [0.15, 0.2) is 33.1 Å². The van der Waals surface area contributed by atoms with Gasteiger partial charge in [-0.3, -0.25) is 4.90 Å². The zero-order valence-electron chi connectivity index (χ0n) is 13.6. The van der Waals surface area contributed by atoms with E-state index in [1.165, 1.54) is 7.11 Å². The van der Waals surface area contributed by atoms with E-state index in [0.29, 0.717) is 13.2 Å². The first kappa shape index (κ1) is 15.8. The van der Waals surface area contributed by atoms with E-state index in [-0.39, 0.29) is 17.9 Å². The van der Waals surface area contributed by atoms with Gasteiger partial charge in [-0.05, 0) is 38.1 Å². The molecule has 0 radical (unpaired) electrons. The molecule has 1 saturated heterocycles. The minimum absolute atomic E-state index is 0.0378. The maximum absolute atomic E-state index is 11.5. The number of furan rings is 2. The van der Waals surface area contributed by atoms with Crippen LogP contribution in [0.1, 0.15) is 46.9 Å². The molecular formula is C17H21NO5. The molecule has 0 aliphatic carbocycles. The fraction of sp³-hybridized carbons (Fsp3) is 0.471. The van der Waals surface area contributed by atoms with Crippen molar-refractivity contribution in [1.82, 2.24) is 4.90 Å². The molecular weight excluding hydrogens is 298 g/mol. The monoisotopic (exact) mass is 319 g/mol. The van der Waals surface area contributed by atoms with Gasteiger partial charge in [0.15, 0.2) is 0 Å². The summed E-state index contributed by atoms with van der Waals surface area (Å²) in [6.45, 7) is 6.10. The zero-order chi connectivity index (χ0) is 16.4. The smallest absolute Gasteiger partial charge is 0.373 e. The molecule has 0 N–H and O–H groups in total. The summed E-state index contributed by atoms with van der Waals surface area (Å²) < 4.78 is 21.8. The average molecular weight is 319 g/mol. The number of aryl methyl sites for hydroxylation is 1. The molecule has 2 atom stereocenters. The number of ether oxygens (including phenoxy) is 2. The fourth-order valence-corrected chi connectivity index (χ4v) is 2.79. The largest absolute Gasteiger partial charge is 0.464 e. The fourth-order valence-electron chi connectivity index (χ4n) is 2.79. The predicted octanol–water partition coefficient (Wildman–Crippen LogP) is 3.10. The summed E-state index contributed by atoms with van der Waals surface area (Å²) in [5.41, 5.74) is 0. The molecule has 124 valence electrons. The summed E-state index contributed by atoms with van der Waals surface area (Å²) in [5, 5.41) is 0. The normalized spacial score (nSPS) is 20.4. The Morgan fingerprint density at radius 3 is 2.83 bits per heavy atom. The second-order valence-electron chi connectivity index (χ2n) is 5.67.